The van der Waals surface area contributed by atoms with Crippen molar-refractivity contribution in [1.29, 1.82) is 0 Å². The molecule has 28 heavy (non-hydrogen) atoms. The molecule has 1 aliphatic rings. The summed E-state index contributed by atoms with van der Waals surface area (Å²) >= 11 is 0. The molecule has 0 radical (unpaired) electrons. The van der Waals surface area contributed by atoms with Gasteiger partial charge in [-0.2, -0.15) is 9.40 Å². The number of sulfonamides is 1. The van der Waals surface area contributed by atoms with Crippen molar-refractivity contribution in [2.24, 2.45) is 0 Å². The molecule has 0 unspecified atom stereocenters. The van der Waals surface area contributed by atoms with Crippen LogP contribution in [-0.4, -0.2) is 64.3 Å². The number of nitrogens with zero attached hydrogens (tertiary/aromatic N) is 5. The predicted octanol–water partition coefficient (Wildman–Crippen LogP) is 1.33. The predicted molar refractivity (Wildman–Crippen MR) is 104 cm³/mol. The van der Waals surface area contributed by atoms with Crippen LogP contribution in [0, 0.1) is 6.92 Å². The second kappa shape index (κ2) is 7.33. The SMILES string of the molecule is Cc1nn2cccnc2c1C(=O)N1CCN(S(=O)(=O)Cc2ccccc2)CC1. The van der Waals surface area contributed by atoms with Gasteiger partial charge < -0.3 is 4.90 Å². The summed E-state index contributed by atoms with van der Waals surface area (Å²) < 4.78 is 28.4. The van der Waals surface area contributed by atoms with Gasteiger partial charge in [0.15, 0.2) is 5.65 Å². The van der Waals surface area contributed by atoms with Crippen molar-refractivity contribution in [3.05, 3.63) is 65.6 Å². The van der Waals surface area contributed by atoms with E-state index in [0.717, 1.165) is 5.56 Å². The van der Waals surface area contributed by atoms with E-state index in [9.17, 15) is 13.2 Å². The van der Waals surface area contributed by atoms with E-state index in [-0.39, 0.29) is 24.7 Å². The highest BCUT2D eigenvalue weighted by Crippen LogP contribution is 2.19. The van der Waals surface area contributed by atoms with Crippen LogP contribution in [0.4, 0.5) is 0 Å². The minimum Gasteiger partial charge on any atom is -0.336 e. The van der Waals surface area contributed by atoms with E-state index in [1.54, 1.807) is 46.9 Å². The third-order valence-corrected chi connectivity index (χ3v) is 6.75. The van der Waals surface area contributed by atoms with Crippen LogP contribution in [0.2, 0.25) is 0 Å². The fourth-order valence-electron chi connectivity index (χ4n) is 3.45. The van der Waals surface area contributed by atoms with Crippen LogP contribution in [0.3, 0.4) is 0 Å². The van der Waals surface area contributed by atoms with E-state index >= 15 is 0 Å². The maximum Gasteiger partial charge on any atom is 0.259 e. The number of amides is 1. The third kappa shape index (κ3) is 3.50. The molecular formula is C19H21N5O3S. The van der Waals surface area contributed by atoms with Gasteiger partial charge in [-0.3, -0.25) is 4.79 Å². The summed E-state index contributed by atoms with van der Waals surface area (Å²) in [6.45, 7) is 3.04. The fraction of sp³-hybridized carbons (Fsp3) is 0.316. The van der Waals surface area contributed by atoms with Gasteiger partial charge in [-0.1, -0.05) is 30.3 Å². The second-order valence-electron chi connectivity index (χ2n) is 6.78. The zero-order valence-electron chi connectivity index (χ0n) is 15.5. The van der Waals surface area contributed by atoms with Crippen LogP contribution in [-0.2, 0) is 15.8 Å². The number of benzene rings is 1. The summed E-state index contributed by atoms with van der Waals surface area (Å²) in [5.41, 5.74) is 2.36. The highest BCUT2D eigenvalue weighted by Gasteiger charge is 2.31. The number of aromatic nitrogens is 3. The van der Waals surface area contributed by atoms with Crippen molar-refractivity contribution in [2.75, 3.05) is 26.2 Å². The van der Waals surface area contributed by atoms with Crippen LogP contribution in [0.15, 0.2) is 48.8 Å². The molecule has 146 valence electrons. The lowest BCUT2D eigenvalue weighted by Crippen LogP contribution is -2.50. The van der Waals surface area contributed by atoms with Gasteiger partial charge >= 0.3 is 0 Å². The Hall–Kier alpha value is -2.78. The summed E-state index contributed by atoms with van der Waals surface area (Å²) in [5.74, 6) is -0.190. The standard InChI is InChI=1S/C19H21N5O3S/c1-15-17(18-20-8-5-9-24(18)21-15)19(25)22-10-12-23(13-11-22)28(26,27)14-16-6-3-2-4-7-16/h2-9H,10-14H2,1H3. The van der Waals surface area contributed by atoms with Crippen molar-refractivity contribution in [2.45, 2.75) is 12.7 Å². The van der Waals surface area contributed by atoms with Gasteiger partial charge in [0.05, 0.1) is 11.4 Å². The lowest BCUT2D eigenvalue weighted by atomic mass is 10.2. The summed E-state index contributed by atoms with van der Waals surface area (Å²) in [7, 11) is -3.42. The lowest BCUT2D eigenvalue weighted by molar-refractivity contribution is 0.0698. The molecule has 3 heterocycles. The first-order valence-electron chi connectivity index (χ1n) is 9.07. The van der Waals surface area contributed by atoms with Crippen LogP contribution in [0.1, 0.15) is 21.6 Å². The van der Waals surface area contributed by atoms with Crippen LogP contribution in [0.25, 0.3) is 5.65 Å². The third-order valence-electron chi connectivity index (χ3n) is 4.90. The molecule has 0 spiro atoms. The largest absolute Gasteiger partial charge is 0.336 e. The smallest absolute Gasteiger partial charge is 0.259 e. The van der Waals surface area contributed by atoms with Gasteiger partial charge in [-0.05, 0) is 18.6 Å². The van der Waals surface area contributed by atoms with E-state index in [0.29, 0.717) is 30.0 Å². The quantitative estimate of drug-likeness (QED) is 0.660. The number of fused-ring (bicyclic) bond motifs is 1. The molecule has 0 atom stereocenters. The van der Waals surface area contributed by atoms with Crippen LogP contribution in [0.5, 0.6) is 0 Å². The zero-order chi connectivity index (χ0) is 19.7. The fourth-order valence-corrected chi connectivity index (χ4v) is 4.97. The summed E-state index contributed by atoms with van der Waals surface area (Å²) in [5, 5.41) is 4.33. The highest BCUT2D eigenvalue weighted by molar-refractivity contribution is 7.88. The number of aryl methyl sites for hydroxylation is 1. The Morgan fingerprint density at radius 3 is 2.50 bits per heavy atom. The molecule has 3 aromatic rings. The van der Waals surface area contributed by atoms with Crippen molar-refractivity contribution < 1.29 is 13.2 Å². The first-order valence-corrected chi connectivity index (χ1v) is 10.7. The molecule has 0 saturated carbocycles. The van der Waals surface area contributed by atoms with Crippen molar-refractivity contribution in [3.63, 3.8) is 0 Å². The second-order valence-corrected chi connectivity index (χ2v) is 8.75. The van der Waals surface area contributed by atoms with Crippen LogP contribution < -0.4 is 0 Å². The van der Waals surface area contributed by atoms with Gasteiger partial charge in [0.2, 0.25) is 10.0 Å². The Balaban J connectivity index is 1.46. The molecule has 1 fully saturated rings. The summed E-state index contributed by atoms with van der Waals surface area (Å²) in [6.07, 6.45) is 3.38. The number of rotatable bonds is 4. The Kier molecular flexibility index (Phi) is 4.86. The Bertz CT molecular complexity index is 1100. The molecule has 1 aromatic carbocycles. The van der Waals surface area contributed by atoms with Gasteiger partial charge in [-0.25, -0.2) is 17.9 Å². The molecule has 1 amide bonds. The van der Waals surface area contributed by atoms with Gasteiger partial charge in [0, 0.05) is 38.6 Å². The molecule has 0 bridgehead atoms. The zero-order valence-corrected chi connectivity index (χ0v) is 16.3. The Labute approximate surface area is 163 Å². The van der Waals surface area contributed by atoms with Crippen LogP contribution >= 0.6 is 0 Å². The maximum atomic E-state index is 13.0. The molecule has 1 saturated heterocycles. The summed E-state index contributed by atoms with van der Waals surface area (Å²) in [6, 6.07) is 10.9. The van der Waals surface area contributed by atoms with Crippen molar-refractivity contribution >= 4 is 21.6 Å². The Morgan fingerprint density at radius 1 is 1.07 bits per heavy atom. The molecule has 1 aliphatic heterocycles. The van der Waals surface area contributed by atoms with Crippen molar-refractivity contribution in [3.8, 4) is 0 Å². The van der Waals surface area contributed by atoms with Gasteiger partial charge in [-0.15, -0.1) is 0 Å². The van der Waals surface area contributed by atoms with E-state index < -0.39 is 10.0 Å². The number of hydrogen-bond donors (Lipinski definition) is 0. The minimum absolute atomic E-state index is 0.0289. The molecule has 8 nitrogen and oxygen atoms in total. The number of carbonyl (C=O) groups excluding carboxylic acids is 1. The Morgan fingerprint density at radius 2 is 1.79 bits per heavy atom. The average molecular weight is 399 g/mol. The first-order chi connectivity index (χ1) is 13.5. The molecule has 4 rings (SSSR count). The van der Waals surface area contributed by atoms with E-state index in [2.05, 4.69) is 10.1 Å². The summed E-state index contributed by atoms with van der Waals surface area (Å²) in [4.78, 5) is 18.9. The maximum absolute atomic E-state index is 13.0. The topological polar surface area (TPSA) is 87.9 Å². The number of carbonyl (C=O) groups is 1. The highest BCUT2D eigenvalue weighted by atomic mass is 32.2. The molecule has 9 heteroatoms. The normalized spacial score (nSPS) is 15.8. The number of hydrogen-bond acceptors (Lipinski definition) is 5. The molecule has 2 aromatic heterocycles. The lowest BCUT2D eigenvalue weighted by Gasteiger charge is -2.34. The molecular weight excluding hydrogens is 378 g/mol. The van der Waals surface area contributed by atoms with E-state index in [1.807, 2.05) is 18.2 Å². The number of piperazine rings is 1. The minimum atomic E-state index is -3.42. The van der Waals surface area contributed by atoms with E-state index in [4.69, 9.17) is 0 Å². The van der Waals surface area contributed by atoms with Gasteiger partial charge in [0.1, 0.15) is 5.56 Å². The monoisotopic (exact) mass is 399 g/mol. The first kappa shape index (κ1) is 18.6. The molecule has 0 aliphatic carbocycles. The average Bonchev–Trinajstić information content (AvgIpc) is 3.03. The van der Waals surface area contributed by atoms with E-state index in [1.165, 1.54) is 4.31 Å². The van der Waals surface area contributed by atoms with Gasteiger partial charge in [0.25, 0.3) is 5.91 Å². The van der Waals surface area contributed by atoms with Crippen molar-refractivity contribution in [1.82, 2.24) is 23.8 Å². The molecule has 0 N–H and O–H groups in total.